The molecule has 0 spiro atoms. The van der Waals surface area contributed by atoms with Crippen molar-refractivity contribution in [2.75, 3.05) is 11.9 Å². The molecule has 1 N–H and O–H groups in total. The zero-order valence-electron chi connectivity index (χ0n) is 15.1. The average Bonchev–Trinajstić information content (AvgIpc) is 3.10. The second kappa shape index (κ2) is 6.98. The number of halogens is 1. The van der Waals surface area contributed by atoms with E-state index < -0.39 is 6.04 Å². The van der Waals surface area contributed by atoms with Crippen molar-refractivity contribution in [2.24, 2.45) is 20.9 Å². The van der Waals surface area contributed by atoms with Gasteiger partial charge in [0.05, 0.1) is 12.0 Å². The maximum absolute atomic E-state index is 12.7. The van der Waals surface area contributed by atoms with Gasteiger partial charge in [0.25, 0.3) is 0 Å². The summed E-state index contributed by atoms with van der Waals surface area (Å²) in [5.74, 6) is 0.181. The number of aliphatic imine (C=N–C) groups is 3. The van der Waals surface area contributed by atoms with E-state index in [4.69, 9.17) is 21.0 Å². The van der Waals surface area contributed by atoms with E-state index >= 15 is 0 Å². The van der Waals surface area contributed by atoms with Crippen LogP contribution in [0.3, 0.4) is 0 Å². The van der Waals surface area contributed by atoms with E-state index in [0.29, 0.717) is 35.7 Å². The van der Waals surface area contributed by atoms with E-state index in [1.54, 1.807) is 0 Å². The molecule has 0 radical (unpaired) electrons. The number of rotatable bonds is 2. The summed E-state index contributed by atoms with van der Waals surface area (Å²) in [6.07, 6.45) is 4.94. The molecule has 2 aromatic rings. The number of carbonyl (C=O) groups is 1. The average molecular weight is 396 g/mol. The van der Waals surface area contributed by atoms with Crippen molar-refractivity contribution in [3.05, 3.63) is 35.9 Å². The standard InChI is InChI=1S/C20H18ClN5O2/c21-18-11(5-4-10-22-18)17-16-13(7-3-8-14(16)27)23-19(25-17)26-20-24-12-6-1-2-9-15(12)28-20/h1-2,5-6,9,16-17H,3-4,7-8,10H2,(H,24,25,26). The van der Waals surface area contributed by atoms with E-state index in [1.807, 2.05) is 30.3 Å². The predicted molar refractivity (Wildman–Crippen MR) is 109 cm³/mol. The minimum atomic E-state index is -0.413. The first-order chi connectivity index (χ1) is 13.7. The summed E-state index contributed by atoms with van der Waals surface area (Å²) in [4.78, 5) is 30.7. The Morgan fingerprint density at radius 1 is 1.21 bits per heavy atom. The number of hydrogen-bond donors (Lipinski definition) is 1. The van der Waals surface area contributed by atoms with Gasteiger partial charge in [-0.3, -0.25) is 15.1 Å². The Hall–Kier alpha value is -2.80. The number of aromatic nitrogens is 1. The molecule has 0 bridgehead atoms. The molecule has 1 aromatic carbocycles. The zero-order chi connectivity index (χ0) is 19.1. The highest BCUT2D eigenvalue weighted by Crippen LogP contribution is 2.33. The van der Waals surface area contributed by atoms with Gasteiger partial charge in [0, 0.05) is 24.3 Å². The van der Waals surface area contributed by atoms with E-state index in [0.717, 1.165) is 36.1 Å². The molecular weight excluding hydrogens is 378 g/mol. The van der Waals surface area contributed by atoms with Crippen molar-refractivity contribution in [1.29, 1.82) is 0 Å². The summed E-state index contributed by atoms with van der Waals surface area (Å²) in [6, 6.07) is 7.42. The topological polar surface area (TPSA) is 92.2 Å². The van der Waals surface area contributed by atoms with Crippen LogP contribution in [0.4, 0.5) is 6.01 Å². The molecule has 2 aliphatic heterocycles. The van der Waals surface area contributed by atoms with Crippen LogP contribution in [0.5, 0.6) is 0 Å². The largest absolute Gasteiger partial charge is 0.423 e. The number of hydrogen-bond acceptors (Lipinski definition) is 7. The number of oxazole rings is 1. The summed E-state index contributed by atoms with van der Waals surface area (Å²) < 4.78 is 5.73. The van der Waals surface area contributed by atoms with Crippen LogP contribution in [-0.2, 0) is 4.79 Å². The summed E-state index contributed by atoms with van der Waals surface area (Å²) in [5, 5.41) is 3.50. The molecule has 2 atom stereocenters. The number of ketones is 1. The molecule has 0 saturated heterocycles. The second-order valence-corrected chi connectivity index (χ2v) is 7.39. The lowest BCUT2D eigenvalue weighted by molar-refractivity contribution is -0.121. The van der Waals surface area contributed by atoms with Gasteiger partial charge in [-0.25, -0.2) is 9.98 Å². The summed E-state index contributed by atoms with van der Waals surface area (Å²) in [7, 11) is 0. The van der Waals surface area contributed by atoms with Crippen molar-refractivity contribution >= 4 is 51.3 Å². The molecule has 8 heteroatoms. The Balaban J connectivity index is 1.52. The molecule has 142 valence electrons. The molecule has 7 nitrogen and oxygen atoms in total. The number of nitrogens with one attached hydrogen (secondary N) is 1. The fourth-order valence-electron chi connectivity index (χ4n) is 3.93. The SMILES string of the molecule is O=C1CCCC2=NC(Nc3nc4ccccc4o3)=NC(C3=CCCN=C3Cl)C12. The Bertz CT molecular complexity index is 1050. The zero-order valence-corrected chi connectivity index (χ0v) is 15.8. The third kappa shape index (κ3) is 3.05. The van der Waals surface area contributed by atoms with Gasteiger partial charge in [0.15, 0.2) is 5.58 Å². The van der Waals surface area contributed by atoms with Gasteiger partial charge in [-0.05, 0) is 31.4 Å². The van der Waals surface area contributed by atoms with E-state index in [2.05, 4.69) is 20.3 Å². The van der Waals surface area contributed by atoms with Crippen LogP contribution >= 0.6 is 11.6 Å². The third-order valence-electron chi connectivity index (χ3n) is 5.20. The number of carbonyl (C=O) groups excluding carboxylic acids is 1. The fraction of sp³-hybridized carbons (Fsp3) is 0.350. The van der Waals surface area contributed by atoms with Crippen molar-refractivity contribution < 1.29 is 9.21 Å². The van der Waals surface area contributed by atoms with E-state index in [9.17, 15) is 4.79 Å². The fourth-order valence-corrected chi connectivity index (χ4v) is 4.20. The molecule has 0 amide bonds. The third-order valence-corrected chi connectivity index (χ3v) is 5.54. The van der Waals surface area contributed by atoms with E-state index in [-0.39, 0.29) is 11.7 Å². The van der Waals surface area contributed by atoms with Gasteiger partial charge in [-0.15, -0.1) is 0 Å². The van der Waals surface area contributed by atoms with Gasteiger partial charge in [-0.2, -0.15) is 4.98 Å². The number of para-hydroxylation sites is 2. The number of guanidine groups is 1. The van der Waals surface area contributed by atoms with Crippen molar-refractivity contribution in [2.45, 2.75) is 31.7 Å². The Labute approximate surface area is 166 Å². The predicted octanol–water partition coefficient (Wildman–Crippen LogP) is 3.76. The molecule has 3 heterocycles. The number of nitrogens with zero attached hydrogens (tertiary/aromatic N) is 4. The van der Waals surface area contributed by atoms with Crippen LogP contribution in [0.2, 0.25) is 0 Å². The van der Waals surface area contributed by atoms with Crippen LogP contribution in [0, 0.1) is 5.92 Å². The first kappa shape index (κ1) is 17.3. The van der Waals surface area contributed by atoms with Gasteiger partial charge in [-0.1, -0.05) is 29.8 Å². The maximum atomic E-state index is 12.7. The summed E-state index contributed by atoms with van der Waals surface area (Å²) in [6.45, 7) is 0.659. The quantitative estimate of drug-likeness (QED) is 0.837. The number of Topliss-reactive ketones (excluding diaryl/α,β-unsaturated/α-hetero) is 1. The number of anilines is 1. The highest BCUT2D eigenvalue weighted by molar-refractivity contribution is 6.70. The molecule has 5 rings (SSSR count). The Morgan fingerprint density at radius 2 is 2.11 bits per heavy atom. The van der Waals surface area contributed by atoms with Crippen molar-refractivity contribution in [3.8, 4) is 0 Å². The second-order valence-electron chi connectivity index (χ2n) is 7.03. The van der Waals surface area contributed by atoms with Gasteiger partial charge >= 0.3 is 6.01 Å². The van der Waals surface area contributed by atoms with Crippen molar-refractivity contribution in [1.82, 2.24) is 4.98 Å². The highest BCUT2D eigenvalue weighted by Gasteiger charge is 2.41. The van der Waals surface area contributed by atoms with Crippen LogP contribution in [0.15, 0.2) is 55.3 Å². The van der Waals surface area contributed by atoms with Crippen LogP contribution in [-0.4, -0.2) is 40.2 Å². The van der Waals surface area contributed by atoms with Crippen LogP contribution in [0.1, 0.15) is 25.7 Å². The normalized spacial score (nSPS) is 24.8. The number of benzene rings is 1. The number of fused-ring (bicyclic) bond motifs is 2. The molecule has 1 aliphatic carbocycles. The number of dihydropyridines is 1. The molecule has 28 heavy (non-hydrogen) atoms. The smallest absolute Gasteiger partial charge is 0.302 e. The summed E-state index contributed by atoms with van der Waals surface area (Å²) in [5.41, 5.74) is 3.08. The first-order valence-electron chi connectivity index (χ1n) is 9.40. The maximum Gasteiger partial charge on any atom is 0.302 e. The minimum absolute atomic E-state index is 0.163. The molecule has 1 aromatic heterocycles. The van der Waals surface area contributed by atoms with E-state index in [1.165, 1.54) is 0 Å². The lowest BCUT2D eigenvalue weighted by Gasteiger charge is -2.33. The van der Waals surface area contributed by atoms with Gasteiger partial charge < -0.3 is 4.42 Å². The van der Waals surface area contributed by atoms with Crippen molar-refractivity contribution in [3.63, 3.8) is 0 Å². The Kier molecular flexibility index (Phi) is 4.31. The molecule has 2 unspecified atom stereocenters. The lowest BCUT2D eigenvalue weighted by Crippen LogP contribution is -2.43. The highest BCUT2D eigenvalue weighted by atomic mass is 35.5. The van der Waals surface area contributed by atoms with Gasteiger partial charge in [0.2, 0.25) is 5.96 Å². The van der Waals surface area contributed by atoms with Crippen LogP contribution < -0.4 is 5.32 Å². The summed E-state index contributed by atoms with van der Waals surface area (Å²) >= 11 is 6.37. The molecular formula is C20H18ClN5O2. The minimum Gasteiger partial charge on any atom is -0.423 e. The van der Waals surface area contributed by atoms with Gasteiger partial charge in [0.1, 0.15) is 16.5 Å². The van der Waals surface area contributed by atoms with Crippen LogP contribution in [0.25, 0.3) is 11.1 Å². The molecule has 1 fully saturated rings. The molecule has 1 saturated carbocycles. The lowest BCUT2D eigenvalue weighted by atomic mass is 9.77. The Morgan fingerprint density at radius 3 is 2.96 bits per heavy atom. The first-order valence-corrected chi connectivity index (χ1v) is 9.78. The monoisotopic (exact) mass is 395 g/mol. The molecule has 3 aliphatic rings.